The zero-order valence-corrected chi connectivity index (χ0v) is 6.80. The average Bonchev–Trinajstić information content (AvgIpc) is 2.77. The maximum absolute atomic E-state index is 5.75. The topological polar surface area (TPSA) is 38.9 Å². The molecular formula is C8H9ClN2. The van der Waals surface area contributed by atoms with Crippen molar-refractivity contribution in [3.8, 4) is 0 Å². The molecule has 0 amide bonds. The lowest BCUT2D eigenvalue weighted by molar-refractivity contribution is 1.03. The van der Waals surface area contributed by atoms with E-state index in [4.69, 9.17) is 17.3 Å². The second-order valence-corrected chi connectivity index (χ2v) is 3.25. The van der Waals surface area contributed by atoms with Crippen molar-refractivity contribution in [3.63, 3.8) is 0 Å². The molecule has 0 atom stereocenters. The van der Waals surface area contributed by atoms with E-state index in [1.165, 1.54) is 12.8 Å². The summed E-state index contributed by atoms with van der Waals surface area (Å²) in [7, 11) is 0. The van der Waals surface area contributed by atoms with Gasteiger partial charge >= 0.3 is 0 Å². The van der Waals surface area contributed by atoms with Gasteiger partial charge in [0, 0.05) is 11.6 Å². The third kappa shape index (κ3) is 1.31. The summed E-state index contributed by atoms with van der Waals surface area (Å²) in [5.41, 5.74) is 7.17. The molecule has 2 rings (SSSR count). The van der Waals surface area contributed by atoms with Crippen LogP contribution in [-0.2, 0) is 0 Å². The highest BCUT2D eigenvalue weighted by Crippen LogP contribution is 2.39. The van der Waals surface area contributed by atoms with Crippen LogP contribution in [0.25, 0.3) is 0 Å². The van der Waals surface area contributed by atoms with E-state index in [9.17, 15) is 0 Å². The van der Waals surface area contributed by atoms with Gasteiger partial charge in [0.2, 0.25) is 0 Å². The SMILES string of the molecule is Nc1ccc(C2CC2)nc1Cl. The van der Waals surface area contributed by atoms with Crippen molar-refractivity contribution in [1.82, 2.24) is 4.98 Å². The number of anilines is 1. The van der Waals surface area contributed by atoms with Crippen molar-refractivity contribution in [3.05, 3.63) is 23.0 Å². The van der Waals surface area contributed by atoms with Gasteiger partial charge < -0.3 is 5.73 Å². The Hall–Kier alpha value is -0.760. The molecule has 1 saturated carbocycles. The van der Waals surface area contributed by atoms with Crippen LogP contribution in [-0.4, -0.2) is 4.98 Å². The van der Waals surface area contributed by atoms with Crippen LogP contribution in [0.15, 0.2) is 12.1 Å². The van der Waals surface area contributed by atoms with Crippen molar-refractivity contribution in [2.75, 3.05) is 5.73 Å². The molecule has 0 aliphatic heterocycles. The predicted molar refractivity (Wildman–Crippen MR) is 45.6 cm³/mol. The van der Waals surface area contributed by atoms with Gasteiger partial charge in [0.1, 0.15) is 0 Å². The summed E-state index contributed by atoms with van der Waals surface area (Å²) >= 11 is 5.75. The van der Waals surface area contributed by atoms with Gasteiger partial charge in [-0.2, -0.15) is 0 Å². The minimum atomic E-state index is 0.439. The van der Waals surface area contributed by atoms with Crippen molar-refractivity contribution >= 4 is 17.3 Å². The number of aromatic nitrogens is 1. The van der Waals surface area contributed by atoms with E-state index in [0.29, 0.717) is 16.8 Å². The first-order valence-corrected chi connectivity index (χ1v) is 4.07. The van der Waals surface area contributed by atoms with Crippen molar-refractivity contribution in [2.45, 2.75) is 18.8 Å². The van der Waals surface area contributed by atoms with E-state index in [-0.39, 0.29) is 0 Å². The number of hydrogen-bond donors (Lipinski definition) is 1. The maximum atomic E-state index is 5.75. The number of pyridine rings is 1. The summed E-state index contributed by atoms with van der Waals surface area (Å²) in [4.78, 5) is 4.18. The third-order valence-corrected chi connectivity index (χ3v) is 2.20. The summed E-state index contributed by atoms with van der Waals surface area (Å²) in [5, 5.41) is 0.439. The molecule has 0 aromatic carbocycles. The zero-order valence-electron chi connectivity index (χ0n) is 6.05. The minimum absolute atomic E-state index is 0.439. The predicted octanol–water partition coefficient (Wildman–Crippen LogP) is 2.19. The van der Waals surface area contributed by atoms with E-state index in [2.05, 4.69) is 4.98 Å². The highest BCUT2D eigenvalue weighted by Gasteiger charge is 2.25. The fourth-order valence-corrected chi connectivity index (χ4v) is 1.23. The number of hydrogen-bond acceptors (Lipinski definition) is 2. The molecule has 58 valence electrons. The lowest BCUT2D eigenvalue weighted by atomic mass is 10.2. The minimum Gasteiger partial charge on any atom is -0.396 e. The van der Waals surface area contributed by atoms with Gasteiger partial charge in [-0.3, -0.25) is 0 Å². The van der Waals surface area contributed by atoms with E-state index < -0.39 is 0 Å². The molecule has 0 radical (unpaired) electrons. The van der Waals surface area contributed by atoms with E-state index in [1.807, 2.05) is 12.1 Å². The Kier molecular flexibility index (Phi) is 1.50. The Labute approximate surface area is 70.4 Å². The Balaban J connectivity index is 2.36. The molecular weight excluding hydrogens is 160 g/mol. The van der Waals surface area contributed by atoms with E-state index >= 15 is 0 Å². The first-order chi connectivity index (χ1) is 5.27. The first kappa shape index (κ1) is 6.92. The smallest absolute Gasteiger partial charge is 0.152 e. The summed E-state index contributed by atoms with van der Waals surface area (Å²) in [6.45, 7) is 0. The van der Waals surface area contributed by atoms with Crippen LogP contribution in [0.4, 0.5) is 5.69 Å². The highest BCUT2D eigenvalue weighted by molar-refractivity contribution is 6.31. The number of halogens is 1. The Bertz CT molecular complexity index is 281. The van der Waals surface area contributed by atoms with Crippen LogP contribution in [0.5, 0.6) is 0 Å². The first-order valence-electron chi connectivity index (χ1n) is 3.69. The summed E-state index contributed by atoms with van der Waals surface area (Å²) in [6, 6.07) is 3.78. The molecule has 1 aromatic rings. The van der Waals surface area contributed by atoms with Gasteiger partial charge in [-0.15, -0.1) is 0 Å². The molecule has 1 aliphatic carbocycles. The van der Waals surface area contributed by atoms with Crippen LogP contribution < -0.4 is 5.73 Å². The van der Waals surface area contributed by atoms with Crippen LogP contribution >= 0.6 is 11.6 Å². The molecule has 1 heterocycles. The van der Waals surface area contributed by atoms with Gasteiger partial charge in [0.15, 0.2) is 5.15 Å². The molecule has 11 heavy (non-hydrogen) atoms. The maximum Gasteiger partial charge on any atom is 0.152 e. The molecule has 3 heteroatoms. The monoisotopic (exact) mass is 168 g/mol. The largest absolute Gasteiger partial charge is 0.396 e. The summed E-state index contributed by atoms with van der Waals surface area (Å²) in [5.74, 6) is 0.646. The molecule has 0 saturated heterocycles. The zero-order chi connectivity index (χ0) is 7.84. The third-order valence-electron chi connectivity index (χ3n) is 1.89. The molecule has 1 aromatic heterocycles. The number of rotatable bonds is 1. The number of nitrogens with two attached hydrogens (primary N) is 1. The lowest BCUT2D eigenvalue weighted by Gasteiger charge is -1.99. The Morgan fingerprint density at radius 2 is 2.18 bits per heavy atom. The lowest BCUT2D eigenvalue weighted by Crippen LogP contribution is -1.92. The molecule has 0 bridgehead atoms. The Morgan fingerprint density at radius 3 is 2.73 bits per heavy atom. The molecule has 1 fully saturated rings. The Morgan fingerprint density at radius 1 is 1.45 bits per heavy atom. The van der Waals surface area contributed by atoms with Crippen molar-refractivity contribution in [1.29, 1.82) is 0 Å². The molecule has 0 spiro atoms. The normalized spacial score (nSPS) is 16.8. The van der Waals surface area contributed by atoms with Gasteiger partial charge in [-0.25, -0.2) is 4.98 Å². The van der Waals surface area contributed by atoms with Gasteiger partial charge in [-0.05, 0) is 25.0 Å². The second kappa shape index (κ2) is 2.38. The standard InChI is InChI=1S/C8H9ClN2/c9-8-6(10)3-4-7(11-8)5-1-2-5/h3-5H,1-2,10H2. The van der Waals surface area contributed by atoms with Crippen molar-refractivity contribution in [2.24, 2.45) is 0 Å². The van der Waals surface area contributed by atoms with Gasteiger partial charge in [0.25, 0.3) is 0 Å². The van der Waals surface area contributed by atoms with E-state index in [0.717, 1.165) is 5.69 Å². The second-order valence-electron chi connectivity index (χ2n) is 2.89. The fraction of sp³-hybridized carbons (Fsp3) is 0.375. The molecule has 1 aliphatic rings. The fourth-order valence-electron chi connectivity index (χ4n) is 1.07. The van der Waals surface area contributed by atoms with Crippen LogP contribution in [0.3, 0.4) is 0 Å². The summed E-state index contributed by atoms with van der Waals surface area (Å²) < 4.78 is 0. The number of nitrogen functional groups attached to an aromatic ring is 1. The summed E-state index contributed by atoms with van der Waals surface area (Å²) in [6.07, 6.45) is 2.49. The molecule has 2 nitrogen and oxygen atoms in total. The van der Waals surface area contributed by atoms with Crippen LogP contribution in [0, 0.1) is 0 Å². The van der Waals surface area contributed by atoms with Crippen molar-refractivity contribution < 1.29 is 0 Å². The van der Waals surface area contributed by atoms with Crippen LogP contribution in [0.2, 0.25) is 5.15 Å². The van der Waals surface area contributed by atoms with Gasteiger partial charge in [0.05, 0.1) is 5.69 Å². The molecule has 0 unspecified atom stereocenters. The number of nitrogens with zero attached hydrogens (tertiary/aromatic N) is 1. The highest BCUT2D eigenvalue weighted by atomic mass is 35.5. The average molecular weight is 169 g/mol. The van der Waals surface area contributed by atoms with E-state index in [1.54, 1.807) is 0 Å². The van der Waals surface area contributed by atoms with Gasteiger partial charge in [-0.1, -0.05) is 11.6 Å². The molecule has 2 N–H and O–H groups in total. The van der Waals surface area contributed by atoms with Crippen LogP contribution in [0.1, 0.15) is 24.5 Å². The quantitative estimate of drug-likeness (QED) is 0.653.